The number of hydrogen-bond donors (Lipinski definition) is 1. The molecule has 4 heteroatoms. The van der Waals surface area contributed by atoms with Crippen LogP contribution in [-0.4, -0.2) is 39.3 Å². The van der Waals surface area contributed by atoms with Crippen LogP contribution in [0.5, 0.6) is 0 Å². The highest BCUT2D eigenvalue weighted by atomic mass is 16.6. The Bertz CT molecular complexity index is 128. The molecule has 1 unspecified atom stereocenters. The second-order valence-corrected chi connectivity index (χ2v) is 3.24. The third-order valence-corrected chi connectivity index (χ3v) is 2.34. The molecule has 10 heavy (non-hydrogen) atoms. The van der Waals surface area contributed by atoms with Crippen LogP contribution in [0.3, 0.4) is 0 Å². The van der Waals surface area contributed by atoms with Crippen molar-refractivity contribution in [3.63, 3.8) is 0 Å². The molecule has 0 spiro atoms. The van der Waals surface area contributed by atoms with E-state index in [1.807, 2.05) is 0 Å². The Labute approximate surface area is 61.3 Å². The summed E-state index contributed by atoms with van der Waals surface area (Å²) in [6.45, 7) is 1.47. The van der Waals surface area contributed by atoms with Crippen molar-refractivity contribution in [2.75, 3.05) is 13.2 Å². The van der Waals surface area contributed by atoms with Crippen LogP contribution in [0, 0.1) is 0 Å². The fraction of sp³-hybridized carbons (Fsp3) is 1.00. The van der Waals surface area contributed by atoms with Gasteiger partial charge in [-0.2, -0.15) is 0 Å². The van der Waals surface area contributed by atoms with Crippen LogP contribution in [0.15, 0.2) is 0 Å². The van der Waals surface area contributed by atoms with E-state index in [2.05, 4.69) is 7.85 Å². The van der Waals surface area contributed by atoms with Crippen molar-refractivity contribution in [3.8, 4) is 0 Å². The fourth-order valence-electron chi connectivity index (χ4n) is 1.72. The number of hydrogen-bond acceptors (Lipinski definition) is 3. The lowest BCUT2D eigenvalue weighted by atomic mass is 9.83. The SMILES string of the molecule is B[C@H]1CO[C@@H]2C(N)CO[C@@H]21. The highest BCUT2D eigenvalue weighted by Crippen LogP contribution is 2.31. The Kier molecular flexibility index (Phi) is 1.48. The summed E-state index contributed by atoms with van der Waals surface area (Å²) in [7, 11) is 2.14. The maximum atomic E-state index is 5.73. The van der Waals surface area contributed by atoms with Crippen LogP contribution in [0.25, 0.3) is 0 Å². The minimum Gasteiger partial charge on any atom is -0.374 e. The largest absolute Gasteiger partial charge is 0.374 e. The molecule has 0 bridgehead atoms. The first-order valence-electron chi connectivity index (χ1n) is 3.78. The molecule has 3 nitrogen and oxygen atoms in total. The van der Waals surface area contributed by atoms with Gasteiger partial charge in [0.25, 0.3) is 0 Å². The van der Waals surface area contributed by atoms with E-state index in [4.69, 9.17) is 15.2 Å². The molecule has 4 atom stereocenters. The third kappa shape index (κ3) is 0.796. The van der Waals surface area contributed by atoms with Crippen molar-refractivity contribution in [2.24, 2.45) is 5.73 Å². The number of rotatable bonds is 0. The predicted molar refractivity (Wildman–Crippen MR) is 39.7 cm³/mol. The summed E-state index contributed by atoms with van der Waals surface area (Å²) in [5, 5.41) is 0. The fourth-order valence-corrected chi connectivity index (χ4v) is 1.72. The average molecular weight is 141 g/mol. The van der Waals surface area contributed by atoms with Gasteiger partial charge >= 0.3 is 0 Å². The Balaban J connectivity index is 2.09. The van der Waals surface area contributed by atoms with E-state index in [0.717, 1.165) is 6.61 Å². The monoisotopic (exact) mass is 141 g/mol. The first-order chi connectivity index (χ1) is 4.79. The second-order valence-electron chi connectivity index (χ2n) is 3.24. The number of nitrogens with two attached hydrogens (primary N) is 1. The topological polar surface area (TPSA) is 44.5 Å². The van der Waals surface area contributed by atoms with Crippen molar-refractivity contribution in [1.82, 2.24) is 0 Å². The molecule has 0 aromatic heterocycles. The molecule has 2 aliphatic rings. The van der Waals surface area contributed by atoms with E-state index in [1.165, 1.54) is 0 Å². The zero-order chi connectivity index (χ0) is 7.14. The average Bonchev–Trinajstić information content (AvgIpc) is 2.41. The maximum absolute atomic E-state index is 5.73. The summed E-state index contributed by atoms with van der Waals surface area (Å²) < 4.78 is 10.9. The van der Waals surface area contributed by atoms with Gasteiger partial charge in [0.2, 0.25) is 0 Å². The van der Waals surface area contributed by atoms with Crippen LogP contribution in [0.1, 0.15) is 0 Å². The lowest BCUT2D eigenvalue weighted by Gasteiger charge is -2.10. The summed E-state index contributed by atoms with van der Waals surface area (Å²) in [5.74, 6) is 0.526. The van der Waals surface area contributed by atoms with Crippen LogP contribution in [0.2, 0.25) is 5.82 Å². The van der Waals surface area contributed by atoms with E-state index >= 15 is 0 Å². The van der Waals surface area contributed by atoms with Gasteiger partial charge in [-0.3, -0.25) is 0 Å². The highest BCUT2D eigenvalue weighted by Gasteiger charge is 2.43. The van der Waals surface area contributed by atoms with E-state index < -0.39 is 0 Å². The summed E-state index contributed by atoms with van der Waals surface area (Å²) in [5.41, 5.74) is 5.73. The molecule has 0 aromatic carbocycles. The van der Waals surface area contributed by atoms with E-state index in [1.54, 1.807) is 0 Å². The van der Waals surface area contributed by atoms with E-state index in [-0.39, 0.29) is 18.2 Å². The molecule has 2 aliphatic heterocycles. The lowest BCUT2D eigenvalue weighted by molar-refractivity contribution is 0.0710. The van der Waals surface area contributed by atoms with Gasteiger partial charge in [-0.1, -0.05) is 0 Å². The number of fused-ring (bicyclic) bond motifs is 1. The molecule has 0 amide bonds. The summed E-state index contributed by atoms with van der Waals surface area (Å²) in [4.78, 5) is 0. The van der Waals surface area contributed by atoms with Crippen LogP contribution in [-0.2, 0) is 9.47 Å². The second kappa shape index (κ2) is 2.22. The molecule has 0 aromatic rings. The van der Waals surface area contributed by atoms with Crippen LogP contribution < -0.4 is 5.73 Å². The molecule has 0 saturated carbocycles. The zero-order valence-corrected chi connectivity index (χ0v) is 6.12. The summed E-state index contributed by atoms with van der Waals surface area (Å²) in [6.07, 6.45) is 0.449. The van der Waals surface area contributed by atoms with Gasteiger partial charge in [0.15, 0.2) is 0 Å². The molecule has 2 heterocycles. The minimum atomic E-state index is 0.106. The minimum absolute atomic E-state index is 0.106. The summed E-state index contributed by atoms with van der Waals surface area (Å²) in [6, 6.07) is 0.106. The third-order valence-electron chi connectivity index (χ3n) is 2.34. The van der Waals surface area contributed by atoms with Crippen LogP contribution in [0.4, 0.5) is 0 Å². The molecule has 2 N–H and O–H groups in total. The molecule has 2 rings (SSSR count). The van der Waals surface area contributed by atoms with Gasteiger partial charge in [-0.25, -0.2) is 0 Å². The van der Waals surface area contributed by atoms with Crippen molar-refractivity contribution in [2.45, 2.75) is 24.1 Å². The normalized spacial score (nSPS) is 53.3. The van der Waals surface area contributed by atoms with Gasteiger partial charge < -0.3 is 15.2 Å². The van der Waals surface area contributed by atoms with Crippen molar-refractivity contribution in [1.29, 1.82) is 0 Å². The Hall–Kier alpha value is -0.0551. The zero-order valence-electron chi connectivity index (χ0n) is 6.12. The van der Waals surface area contributed by atoms with Gasteiger partial charge in [-0.15, -0.1) is 0 Å². The standard InChI is InChI=1S/C6H12BNO2/c7-3-1-9-6-4(8)2-10-5(3)6/h3-6H,1-2,7-8H2/t3-,4?,5+,6+/m0/s1. The Morgan fingerprint density at radius 3 is 2.60 bits per heavy atom. The van der Waals surface area contributed by atoms with E-state index in [9.17, 15) is 0 Å². The van der Waals surface area contributed by atoms with Crippen molar-refractivity contribution in [3.05, 3.63) is 0 Å². The smallest absolute Gasteiger partial charge is 0.111 e. The molecule has 2 fully saturated rings. The van der Waals surface area contributed by atoms with Crippen LogP contribution >= 0.6 is 0 Å². The maximum Gasteiger partial charge on any atom is 0.111 e. The Morgan fingerprint density at radius 2 is 1.90 bits per heavy atom. The lowest BCUT2D eigenvalue weighted by Crippen LogP contribution is -2.35. The van der Waals surface area contributed by atoms with Gasteiger partial charge in [0.05, 0.1) is 18.8 Å². The quantitative estimate of drug-likeness (QED) is 0.419. The van der Waals surface area contributed by atoms with Crippen molar-refractivity contribution < 1.29 is 9.47 Å². The molecular weight excluding hydrogens is 129 g/mol. The molecule has 0 radical (unpaired) electrons. The summed E-state index contributed by atoms with van der Waals surface area (Å²) >= 11 is 0. The predicted octanol–water partition coefficient (Wildman–Crippen LogP) is -1.47. The van der Waals surface area contributed by atoms with Gasteiger partial charge in [-0.05, 0) is 5.82 Å². The molecule has 2 saturated heterocycles. The first kappa shape index (κ1) is 6.64. The molecular formula is C6H12BNO2. The van der Waals surface area contributed by atoms with E-state index in [0.29, 0.717) is 12.4 Å². The van der Waals surface area contributed by atoms with Crippen molar-refractivity contribution >= 4 is 7.85 Å². The first-order valence-corrected chi connectivity index (χ1v) is 3.78. The highest BCUT2D eigenvalue weighted by molar-refractivity contribution is 6.12. The Morgan fingerprint density at radius 1 is 1.20 bits per heavy atom. The van der Waals surface area contributed by atoms with Gasteiger partial charge in [0.1, 0.15) is 14.0 Å². The molecule has 56 valence electrons. The molecule has 0 aliphatic carbocycles. The van der Waals surface area contributed by atoms with Gasteiger partial charge in [0, 0.05) is 6.61 Å². The number of ether oxygens (including phenoxy) is 2.